The minimum absolute atomic E-state index is 0.700. The van der Waals surface area contributed by atoms with Gasteiger partial charge in [-0.05, 0) is 19.4 Å². The van der Waals surface area contributed by atoms with Crippen molar-refractivity contribution in [2.75, 3.05) is 33.4 Å². The monoisotopic (exact) mass is 178 g/mol. The van der Waals surface area contributed by atoms with Crippen molar-refractivity contribution in [2.24, 2.45) is 5.92 Å². The lowest BCUT2D eigenvalue weighted by Gasteiger charge is -2.16. The molecule has 2 aliphatic rings. The fraction of sp³-hybridized carbons (Fsp3) is 0.636. The molecule has 0 aromatic heterocycles. The first-order chi connectivity index (χ1) is 6.34. The van der Waals surface area contributed by atoms with Crippen molar-refractivity contribution in [3.8, 4) is 0 Å². The fourth-order valence-corrected chi connectivity index (χ4v) is 1.98. The average Bonchev–Trinajstić information content (AvgIpc) is 2.71. The van der Waals surface area contributed by atoms with E-state index in [2.05, 4.69) is 41.2 Å². The number of hydrogen-bond acceptors (Lipinski definition) is 2. The van der Waals surface area contributed by atoms with Crippen LogP contribution in [0.3, 0.4) is 0 Å². The molecule has 2 rings (SSSR count). The zero-order chi connectivity index (χ0) is 9.10. The molecule has 0 amide bonds. The Kier molecular flexibility index (Phi) is 2.81. The van der Waals surface area contributed by atoms with Crippen LogP contribution in [-0.4, -0.2) is 43.2 Å². The summed E-state index contributed by atoms with van der Waals surface area (Å²) in [6, 6.07) is 0. The molecule has 13 heavy (non-hydrogen) atoms. The van der Waals surface area contributed by atoms with E-state index in [1.165, 1.54) is 26.1 Å². The van der Waals surface area contributed by atoms with Crippen LogP contribution in [0.5, 0.6) is 0 Å². The van der Waals surface area contributed by atoms with Gasteiger partial charge in [0.15, 0.2) is 0 Å². The zero-order valence-electron chi connectivity index (χ0n) is 8.32. The van der Waals surface area contributed by atoms with Crippen molar-refractivity contribution in [3.63, 3.8) is 0 Å². The second-order valence-corrected chi connectivity index (χ2v) is 4.06. The number of likely N-dealkylation sites (N-methyl/N-ethyl adjacent to an activating group) is 1. The predicted molar refractivity (Wildman–Crippen MR) is 55.5 cm³/mol. The third-order valence-corrected chi connectivity index (χ3v) is 2.85. The molecule has 72 valence electrons. The average molecular weight is 178 g/mol. The first kappa shape index (κ1) is 8.97. The van der Waals surface area contributed by atoms with E-state index in [-0.39, 0.29) is 0 Å². The normalized spacial score (nSPS) is 25.0. The van der Waals surface area contributed by atoms with Gasteiger partial charge < -0.3 is 0 Å². The Bertz CT molecular complexity index is 208. The van der Waals surface area contributed by atoms with Gasteiger partial charge in [0.1, 0.15) is 0 Å². The Morgan fingerprint density at radius 1 is 1.23 bits per heavy atom. The Hall–Kier alpha value is -0.600. The summed E-state index contributed by atoms with van der Waals surface area (Å²) >= 11 is 0. The molecule has 2 nitrogen and oxygen atoms in total. The van der Waals surface area contributed by atoms with E-state index >= 15 is 0 Å². The summed E-state index contributed by atoms with van der Waals surface area (Å²) in [7, 11) is 2.19. The highest BCUT2D eigenvalue weighted by molar-refractivity contribution is 5.17. The molecule has 1 aliphatic carbocycles. The molecule has 2 heteroatoms. The van der Waals surface area contributed by atoms with Gasteiger partial charge in [-0.15, -0.1) is 0 Å². The summed E-state index contributed by atoms with van der Waals surface area (Å²) < 4.78 is 0. The van der Waals surface area contributed by atoms with Crippen molar-refractivity contribution < 1.29 is 0 Å². The number of rotatable bonds is 3. The SMILES string of the molecule is CN1CCN(CCC2C=CC=C2)C1. The highest BCUT2D eigenvalue weighted by Gasteiger charge is 2.16. The number of nitrogens with zero attached hydrogens (tertiary/aromatic N) is 2. The molecule has 0 N–H and O–H groups in total. The van der Waals surface area contributed by atoms with Crippen molar-refractivity contribution in [1.29, 1.82) is 0 Å². The minimum atomic E-state index is 0.700. The first-order valence-corrected chi connectivity index (χ1v) is 5.10. The van der Waals surface area contributed by atoms with Gasteiger partial charge in [-0.1, -0.05) is 24.3 Å². The summed E-state index contributed by atoms with van der Waals surface area (Å²) in [6.45, 7) is 4.87. The van der Waals surface area contributed by atoms with E-state index in [0.717, 1.165) is 6.67 Å². The van der Waals surface area contributed by atoms with Gasteiger partial charge in [-0.3, -0.25) is 9.80 Å². The lowest BCUT2D eigenvalue weighted by Crippen LogP contribution is -2.25. The van der Waals surface area contributed by atoms with E-state index < -0.39 is 0 Å². The van der Waals surface area contributed by atoms with Crippen LogP contribution in [0, 0.1) is 5.92 Å². The molecule has 0 radical (unpaired) electrons. The van der Waals surface area contributed by atoms with Crippen molar-refractivity contribution in [1.82, 2.24) is 9.80 Å². The van der Waals surface area contributed by atoms with Gasteiger partial charge in [-0.25, -0.2) is 0 Å². The molecule has 0 spiro atoms. The lowest BCUT2D eigenvalue weighted by molar-refractivity contribution is 0.267. The van der Waals surface area contributed by atoms with Crippen molar-refractivity contribution in [3.05, 3.63) is 24.3 Å². The van der Waals surface area contributed by atoms with Crippen molar-refractivity contribution in [2.45, 2.75) is 6.42 Å². The van der Waals surface area contributed by atoms with E-state index in [0.29, 0.717) is 5.92 Å². The summed E-state index contributed by atoms with van der Waals surface area (Å²) in [6.07, 6.45) is 10.2. The van der Waals surface area contributed by atoms with E-state index in [1.54, 1.807) is 0 Å². The quantitative estimate of drug-likeness (QED) is 0.643. The summed E-state index contributed by atoms with van der Waals surface area (Å²) in [5.74, 6) is 0.700. The topological polar surface area (TPSA) is 6.48 Å². The van der Waals surface area contributed by atoms with Gasteiger partial charge in [0.2, 0.25) is 0 Å². The van der Waals surface area contributed by atoms with Crippen LogP contribution in [0.2, 0.25) is 0 Å². The Labute approximate surface area is 80.5 Å². The van der Waals surface area contributed by atoms with Gasteiger partial charge >= 0.3 is 0 Å². The molecular weight excluding hydrogens is 160 g/mol. The third-order valence-electron chi connectivity index (χ3n) is 2.85. The van der Waals surface area contributed by atoms with Gasteiger partial charge in [-0.2, -0.15) is 0 Å². The Morgan fingerprint density at radius 2 is 2.00 bits per heavy atom. The largest absolute Gasteiger partial charge is 0.292 e. The maximum atomic E-state index is 2.53. The van der Waals surface area contributed by atoms with Crippen molar-refractivity contribution >= 4 is 0 Å². The molecule has 0 saturated carbocycles. The summed E-state index contributed by atoms with van der Waals surface area (Å²) in [5, 5.41) is 0. The summed E-state index contributed by atoms with van der Waals surface area (Å²) in [5.41, 5.74) is 0. The first-order valence-electron chi connectivity index (χ1n) is 5.10. The van der Waals surface area contributed by atoms with Crippen LogP contribution in [-0.2, 0) is 0 Å². The maximum Gasteiger partial charge on any atom is 0.0504 e. The molecule has 1 saturated heterocycles. The van der Waals surface area contributed by atoms with Crippen LogP contribution in [0.15, 0.2) is 24.3 Å². The van der Waals surface area contributed by atoms with Gasteiger partial charge in [0.05, 0.1) is 6.67 Å². The van der Waals surface area contributed by atoms with E-state index in [4.69, 9.17) is 0 Å². The van der Waals surface area contributed by atoms with Crippen LogP contribution >= 0.6 is 0 Å². The van der Waals surface area contributed by atoms with E-state index in [9.17, 15) is 0 Å². The van der Waals surface area contributed by atoms with Crippen LogP contribution in [0.4, 0.5) is 0 Å². The predicted octanol–water partition coefficient (Wildman–Crippen LogP) is 1.32. The van der Waals surface area contributed by atoms with Gasteiger partial charge in [0.25, 0.3) is 0 Å². The number of allylic oxidation sites excluding steroid dienone is 4. The fourth-order valence-electron chi connectivity index (χ4n) is 1.98. The molecule has 0 unspecified atom stereocenters. The molecule has 1 aliphatic heterocycles. The third kappa shape index (κ3) is 2.42. The van der Waals surface area contributed by atoms with E-state index in [1.807, 2.05) is 0 Å². The second kappa shape index (κ2) is 4.07. The lowest BCUT2D eigenvalue weighted by atomic mass is 10.1. The molecule has 0 aromatic rings. The molecule has 0 bridgehead atoms. The standard InChI is InChI=1S/C11H18N2/c1-12-8-9-13(10-12)7-6-11-4-2-3-5-11/h2-5,11H,6-10H2,1H3. The highest BCUT2D eigenvalue weighted by Crippen LogP contribution is 2.14. The molecule has 0 atom stereocenters. The summed E-state index contributed by atoms with van der Waals surface area (Å²) in [4.78, 5) is 4.90. The smallest absolute Gasteiger partial charge is 0.0504 e. The highest BCUT2D eigenvalue weighted by atomic mass is 15.4. The van der Waals surface area contributed by atoms with Crippen LogP contribution in [0.25, 0.3) is 0 Å². The second-order valence-electron chi connectivity index (χ2n) is 4.06. The van der Waals surface area contributed by atoms with Gasteiger partial charge in [0, 0.05) is 19.6 Å². The molecule has 1 heterocycles. The molecular formula is C11H18N2. The zero-order valence-corrected chi connectivity index (χ0v) is 8.32. The van der Waals surface area contributed by atoms with Crippen LogP contribution in [0.1, 0.15) is 6.42 Å². The maximum absolute atomic E-state index is 2.53. The molecule has 1 fully saturated rings. The minimum Gasteiger partial charge on any atom is -0.292 e. The number of hydrogen-bond donors (Lipinski definition) is 0. The Morgan fingerprint density at radius 3 is 2.62 bits per heavy atom. The Balaban J connectivity index is 1.68. The molecule has 0 aromatic carbocycles. The van der Waals surface area contributed by atoms with Crippen LogP contribution < -0.4 is 0 Å².